The van der Waals surface area contributed by atoms with Crippen molar-refractivity contribution < 1.29 is 36.7 Å². The molecule has 0 saturated carbocycles. The number of carbonyl (C=O) groups excluding carboxylic acids is 1. The van der Waals surface area contributed by atoms with E-state index in [-0.39, 0.29) is 29.3 Å². The Hall–Kier alpha value is -4.23. The lowest BCUT2D eigenvalue weighted by Crippen LogP contribution is -2.35. The molecule has 33 heavy (non-hydrogen) atoms. The van der Waals surface area contributed by atoms with Crippen molar-refractivity contribution in [3.05, 3.63) is 47.8 Å². The predicted octanol–water partition coefficient (Wildman–Crippen LogP) is 4.64. The maximum absolute atomic E-state index is 14.5. The molecule has 14 heteroatoms. The van der Waals surface area contributed by atoms with Crippen LogP contribution in [0.2, 0.25) is 0 Å². The number of oxime groups is 1. The largest absolute Gasteiger partial charge is 0.450 e. The SMILES string of the molecule is CC(=N)/C(CNC(=O)Nc1cc(F)c(Oc2ccnc3[nH]cc(C(F)(F)F)c23)c(F)c1)=N\O. The zero-order valence-corrected chi connectivity index (χ0v) is 16.6. The summed E-state index contributed by atoms with van der Waals surface area (Å²) in [6, 6.07) is 1.49. The van der Waals surface area contributed by atoms with Gasteiger partial charge in [-0.15, -0.1) is 0 Å². The van der Waals surface area contributed by atoms with E-state index in [1.54, 1.807) is 0 Å². The molecule has 0 unspecified atom stereocenters. The van der Waals surface area contributed by atoms with E-state index in [0.29, 0.717) is 18.3 Å². The molecule has 3 aromatic rings. The van der Waals surface area contributed by atoms with Gasteiger partial charge in [0.1, 0.15) is 17.1 Å². The first-order valence-electron chi connectivity index (χ1n) is 9.02. The van der Waals surface area contributed by atoms with Crippen LogP contribution in [0.5, 0.6) is 11.5 Å². The highest BCUT2D eigenvalue weighted by molar-refractivity contribution is 6.41. The summed E-state index contributed by atoms with van der Waals surface area (Å²) in [6.45, 7) is 0.986. The summed E-state index contributed by atoms with van der Waals surface area (Å²) >= 11 is 0. The summed E-state index contributed by atoms with van der Waals surface area (Å²) in [5.74, 6) is -4.07. The van der Waals surface area contributed by atoms with Crippen molar-refractivity contribution in [2.45, 2.75) is 13.1 Å². The van der Waals surface area contributed by atoms with Gasteiger partial charge in [-0.1, -0.05) is 5.16 Å². The van der Waals surface area contributed by atoms with Crippen LogP contribution in [0.4, 0.5) is 32.4 Å². The molecule has 174 valence electrons. The van der Waals surface area contributed by atoms with Gasteiger partial charge in [0.2, 0.25) is 0 Å². The summed E-state index contributed by atoms with van der Waals surface area (Å²) in [5, 5.41) is 22.7. The first-order valence-corrected chi connectivity index (χ1v) is 9.02. The Balaban J connectivity index is 1.83. The summed E-state index contributed by atoms with van der Waals surface area (Å²) in [5.41, 5.74) is -1.90. The fourth-order valence-electron chi connectivity index (χ4n) is 2.76. The highest BCUT2D eigenvalue weighted by atomic mass is 19.4. The Bertz CT molecular complexity index is 1230. The number of alkyl halides is 3. The zero-order chi connectivity index (χ0) is 24.3. The number of H-pyrrole nitrogens is 1. The molecule has 0 atom stereocenters. The molecule has 0 radical (unpaired) electrons. The van der Waals surface area contributed by atoms with E-state index < -0.39 is 46.3 Å². The predicted molar refractivity (Wildman–Crippen MR) is 107 cm³/mol. The number of aromatic nitrogens is 2. The number of halogens is 5. The van der Waals surface area contributed by atoms with Gasteiger partial charge in [-0.3, -0.25) is 0 Å². The summed E-state index contributed by atoms with van der Waals surface area (Å²) in [7, 11) is 0. The number of nitrogens with one attached hydrogen (secondary N) is 4. The molecule has 1 aromatic carbocycles. The van der Waals surface area contributed by atoms with E-state index in [4.69, 9.17) is 15.4 Å². The maximum Gasteiger partial charge on any atom is 0.418 e. The minimum atomic E-state index is -4.77. The fourth-order valence-corrected chi connectivity index (χ4v) is 2.76. The van der Waals surface area contributed by atoms with Crippen molar-refractivity contribution >= 4 is 34.2 Å². The van der Waals surface area contributed by atoms with E-state index >= 15 is 0 Å². The Labute approximate surface area is 181 Å². The maximum atomic E-state index is 14.5. The average molecular weight is 470 g/mol. The van der Waals surface area contributed by atoms with Crippen LogP contribution < -0.4 is 15.4 Å². The lowest BCUT2D eigenvalue weighted by Gasteiger charge is -2.13. The van der Waals surface area contributed by atoms with Gasteiger partial charge in [-0.05, 0) is 13.0 Å². The third-order valence-electron chi connectivity index (χ3n) is 4.28. The first-order chi connectivity index (χ1) is 15.5. The van der Waals surface area contributed by atoms with Gasteiger partial charge >= 0.3 is 12.2 Å². The number of aromatic amines is 1. The molecule has 2 heterocycles. The summed E-state index contributed by atoms with van der Waals surface area (Å²) in [6.07, 6.45) is -3.01. The molecule has 0 aliphatic heterocycles. The van der Waals surface area contributed by atoms with Crippen LogP contribution >= 0.6 is 0 Å². The molecule has 0 saturated heterocycles. The molecule has 0 aliphatic carbocycles. The third kappa shape index (κ3) is 5.16. The smallest absolute Gasteiger partial charge is 0.418 e. The standard InChI is InChI=1S/C19H15F5N6O3/c1-8(25)13(30-32)7-28-18(31)29-9-4-11(20)16(12(21)5-9)33-14-2-3-26-17-15(14)10(6-27-17)19(22,23)24/h2-6,25,32H,7H2,1H3,(H,26,27)(H2,28,29,31)/b25-8?,30-13-. The van der Waals surface area contributed by atoms with E-state index in [2.05, 4.69) is 25.8 Å². The van der Waals surface area contributed by atoms with Gasteiger partial charge in [0.25, 0.3) is 0 Å². The number of urea groups is 1. The number of pyridine rings is 1. The van der Waals surface area contributed by atoms with Gasteiger partial charge in [-0.2, -0.15) is 13.2 Å². The average Bonchev–Trinajstić information content (AvgIpc) is 3.16. The Morgan fingerprint density at radius 3 is 2.55 bits per heavy atom. The molecule has 2 amide bonds. The molecular weight excluding hydrogens is 455 g/mol. The van der Waals surface area contributed by atoms with Crippen LogP contribution in [-0.2, 0) is 6.18 Å². The molecule has 0 spiro atoms. The second-order valence-corrected chi connectivity index (χ2v) is 6.58. The number of rotatable bonds is 6. The molecule has 0 fully saturated rings. The highest BCUT2D eigenvalue weighted by Crippen LogP contribution is 2.40. The zero-order valence-electron chi connectivity index (χ0n) is 16.6. The second-order valence-electron chi connectivity index (χ2n) is 6.58. The number of fused-ring (bicyclic) bond motifs is 1. The molecule has 3 rings (SSSR count). The van der Waals surface area contributed by atoms with Crippen LogP contribution in [0.25, 0.3) is 11.0 Å². The van der Waals surface area contributed by atoms with Gasteiger partial charge in [0.05, 0.1) is 23.2 Å². The molecule has 9 nitrogen and oxygen atoms in total. The number of anilines is 1. The van der Waals surface area contributed by atoms with E-state index in [1.807, 2.05) is 0 Å². The van der Waals surface area contributed by atoms with Crippen molar-refractivity contribution in [2.75, 3.05) is 11.9 Å². The normalized spacial score (nSPS) is 12.0. The number of benzene rings is 1. The summed E-state index contributed by atoms with van der Waals surface area (Å²) < 4.78 is 73.9. The van der Waals surface area contributed by atoms with E-state index in [9.17, 15) is 26.7 Å². The fraction of sp³-hybridized carbons (Fsp3) is 0.158. The van der Waals surface area contributed by atoms with Crippen LogP contribution in [0.1, 0.15) is 12.5 Å². The topological polar surface area (TPSA) is 135 Å². The molecule has 0 bridgehead atoms. The monoisotopic (exact) mass is 470 g/mol. The van der Waals surface area contributed by atoms with Gasteiger partial charge < -0.3 is 31.0 Å². The molecular formula is C19H15F5N6O3. The number of amides is 2. The summed E-state index contributed by atoms with van der Waals surface area (Å²) in [4.78, 5) is 17.9. The lowest BCUT2D eigenvalue weighted by molar-refractivity contribution is -0.136. The lowest BCUT2D eigenvalue weighted by atomic mass is 10.2. The van der Waals surface area contributed by atoms with Crippen molar-refractivity contribution in [1.82, 2.24) is 15.3 Å². The minimum Gasteiger partial charge on any atom is -0.450 e. The van der Waals surface area contributed by atoms with Crippen LogP contribution in [0.15, 0.2) is 35.7 Å². The number of hydrogen-bond donors (Lipinski definition) is 5. The second kappa shape index (κ2) is 9.10. The van der Waals surface area contributed by atoms with Crippen LogP contribution in [-0.4, -0.2) is 39.2 Å². The van der Waals surface area contributed by atoms with Crippen molar-refractivity contribution in [3.63, 3.8) is 0 Å². The van der Waals surface area contributed by atoms with Gasteiger partial charge in [-0.25, -0.2) is 18.6 Å². The quantitative estimate of drug-likeness (QED) is 0.155. The molecule has 0 aliphatic rings. The molecule has 2 aromatic heterocycles. The number of ether oxygens (including phenoxy) is 1. The van der Waals surface area contributed by atoms with Crippen molar-refractivity contribution in [2.24, 2.45) is 5.16 Å². The van der Waals surface area contributed by atoms with Crippen LogP contribution in [0, 0.1) is 17.0 Å². The number of nitrogens with zero attached hydrogens (tertiary/aromatic N) is 2. The van der Waals surface area contributed by atoms with E-state index in [0.717, 1.165) is 12.3 Å². The Morgan fingerprint density at radius 1 is 1.30 bits per heavy atom. The van der Waals surface area contributed by atoms with E-state index in [1.165, 1.54) is 6.92 Å². The Morgan fingerprint density at radius 2 is 1.97 bits per heavy atom. The minimum absolute atomic E-state index is 0.113. The van der Waals surface area contributed by atoms with Crippen molar-refractivity contribution in [3.8, 4) is 11.5 Å². The van der Waals surface area contributed by atoms with Crippen molar-refractivity contribution in [1.29, 1.82) is 5.41 Å². The first kappa shape index (κ1) is 23.4. The molecule has 5 N–H and O–H groups in total. The van der Waals surface area contributed by atoms with Gasteiger partial charge in [0.15, 0.2) is 17.4 Å². The van der Waals surface area contributed by atoms with Crippen LogP contribution in [0.3, 0.4) is 0 Å². The van der Waals surface area contributed by atoms with Gasteiger partial charge in [0, 0.05) is 30.2 Å². The number of hydrogen-bond acceptors (Lipinski definition) is 6. The third-order valence-corrected chi connectivity index (χ3v) is 4.28. The highest BCUT2D eigenvalue weighted by Gasteiger charge is 2.35. The number of carbonyl (C=O) groups is 1. The Kier molecular flexibility index (Phi) is 6.46.